The van der Waals surface area contributed by atoms with Crippen LogP contribution in [0.3, 0.4) is 0 Å². The Kier molecular flexibility index (Phi) is 8.20. The van der Waals surface area contributed by atoms with E-state index in [4.69, 9.17) is 9.97 Å². The van der Waals surface area contributed by atoms with Gasteiger partial charge in [-0.3, -0.25) is 0 Å². The van der Waals surface area contributed by atoms with Crippen LogP contribution in [0.25, 0.3) is 106 Å². The molecule has 2 heterocycles. The highest BCUT2D eigenvalue weighted by atomic mass is 15.0. The molecule has 0 bridgehead atoms. The SMILES string of the molecule is CC1(C)c2cc3ccccc3cc2-c2c(-c3ccccc3-c3cc(-c4ccccc4-c4ccc5c6ccccc6n(-c6ccccc6)c5c4)nc(-c4ccccc4)n3)cccc21. The van der Waals surface area contributed by atoms with Gasteiger partial charge < -0.3 is 4.57 Å². The highest BCUT2D eigenvalue weighted by molar-refractivity contribution is 6.10. The summed E-state index contributed by atoms with van der Waals surface area (Å²) in [6.07, 6.45) is 0. The molecule has 0 radical (unpaired) electrons. The molecule has 11 aromatic rings. The first-order chi connectivity index (χ1) is 30.5. The lowest BCUT2D eigenvalue weighted by Gasteiger charge is -2.22. The van der Waals surface area contributed by atoms with Crippen LogP contribution in [0.2, 0.25) is 0 Å². The van der Waals surface area contributed by atoms with Gasteiger partial charge in [-0.2, -0.15) is 0 Å². The van der Waals surface area contributed by atoms with Crippen molar-refractivity contribution in [2.24, 2.45) is 0 Å². The molecule has 62 heavy (non-hydrogen) atoms. The number of rotatable bonds is 6. The zero-order valence-corrected chi connectivity index (χ0v) is 34.5. The second kappa shape index (κ2) is 14.1. The molecule has 0 aliphatic heterocycles. The lowest BCUT2D eigenvalue weighted by atomic mass is 9.81. The molecule has 1 aliphatic rings. The van der Waals surface area contributed by atoms with E-state index in [-0.39, 0.29) is 5.41 Å². The summed E-state index contributed by atoms with van der Waals surface area (Å²) < 4.78 is 2.38. The van der Waals surface area contributed by atoms with E-state index in [1.807, 2.05) is 6.07 Å². The molecule has 3 nitrogen and oxygen atoms in total. The molecule has 292 valence electrons. The molecule has 3 heteroatoms. The number of aromatic nitrogens is 3. The molecule has 2 aromatic heterocycles. The minimum absolute atomic E-state index is 0.148. The Morgan fingerprint density at radius 1 is 0.371 bits per heavy atom. The normalized spacial score (nSPS) is 12.8. The maximum absolute atomic E-state index is 5.39. The van der Waals surface area contributed by atoms with E-state index in [9.17, 15) is 0 Å². The quantitative estimate of drug-likeness (QED) is 0.168. The molecule has 0 fully saturated rings. The van der Waals surface area contributed by atoms with Crippen LogP contribution >= 0.6 is 0 Å². The molecule has 0 saturated heterocycles. The average Bonchev–Trinajstić information content (AvgIpc) is 3.78. The van der Waals surface area contributed by atoms with Crippen molar-refractivity contribution in [2.75, 3.05) is 0 Å². The van der Waals surface area contributed by atoms with Crippen molar-refractivity contribution in [3.63, 3.8) is 0 Å². The summed E-state index contributed by atoms with van der Waals surface area (Å²) in [5, 5.41) is 4.99. The fraction of sp³-hybridized carbons (Fsp3) is 0.0508. The van der Waals surface area contributed by atoms with Gasteiger partial charge in [0.2, 0.25) is 0 Å². The van der Waals surface area contributed by atoms with Crippen LogP contribution in [0.4, 0.5) is 0 Å². The predicted molar refractivity (Wildman–Crippen MR) is 259 cm³/mol. The van der Waals surface area contributed by atoms with E-state index in [2.05, 4.69) is 225 Å². The van der Waals surface area contributed by atoms with Crippen LogP contribution in [0, 0.1) is 0 Å². The molecule has 12 rings (SSSR count). The third-order valence-corrected chi connectivity index (χ3v) is 13.0. The molecule has 0 amide bonds. The third-order valence-electron chi connectivity index (χ3n) is 13.0. The summed E-state index contributed by atoms with van der Waals surface area (Å²) in [6, 6.07) is 76.6. The van der Waals surface area contributed by atoms with Crippen LogP contribution in [0.5, 0.6) is 0 Å². The highest BCUT2D eigenvalue weighted by Crippen LogP contribution is 2.54. The van der Waals surface area contributed by atoms with Gasteiger partial charge in [0.25, 0.3) is 0 Å². The van der Waals surface area contributed by atoms with E-state index in [1.54, 1.807) is 0 Å². The predicted octanol–water partition coefficient (Wildman–Crippen LogP) is 15.4. The van der Waals surface area contributed by atoms with E-state index in [1.165, 1.54) is 60.4 Å². The Morgan fingerprint density at radius 3 is 1.71 bits per heavy atom. The van der Waals surface area contributed by atoms with Gasteiger partial charge in [0, 0.05) is 38.6 Å². The fourth-order valence-electron chi connectivity index (χ4n) is 10.0. The Bertz CT molecular complexity index is 3540. The molecule has 0 atom stereocenters. The van der Waals surface area contributed by atoms with E-state index in [0.717, 1.165) is 50.5 Å². The van der Waals surface area contributed by atoms with E-state index < -0.39 is 0 Å². The number of hydrogen-bond donors (Lipinski definition) is 0. The lowest BCUT2D eigenvalue weighted by Crippen LogP contribution is -2.14. The number of hydrogen-bond acceptors (Lipinski definition) is 2. The monoisotopic (exact) mass is 791 g/mol. The first-order valence-corrected chi connectivity index (χ1v) is 21.4. The molecule has 1 aliphatic carbocycles. The number of fused-ring (bicyclic) bond motifs is 7. The van der Waals surface area contributed by atoms with Crippen LogP contribution in [0.15, 0.2) is 212 Å². The summed E-state index contributed by atoms with van der Waals surface area (Å²) in [5.74, 6) is 0.693. The smallest absolute Gasteiger partial charge is 0.160 e. The zero-order valence-electron chi connectivity index (χ0n) is 34.5. The first-order valence-electron chi connectivity index (χ1n) is 21.4. The molecule has 0 unspecified atom stereocenters. The number of benzene rings is 9. The largest absolute Gasteiger partial charge is 0.309 e. The Labute approximate surface area is 361 Å². The number of para-hydroxylation sites is 2. The van der Waals surface area contributed by atoms with Gasteiger partial charge in [-0.1, -0.05) is 184 Å². The standard InChI is InChI=1S/C59H41N3/c1-59(2)51-30-17-29-49(57(51)50-34-39-20-9-10-21-40(39)35-52(50)59)44-25-12-14-27-46(44)54-37-53(60-58(61-54)38-18-5-3-6-19-38)45-26-13-11-24-43(45)41-32-33-48-47-28-15-16-31-55(47)62(56(48)36-41)42-22-7-4-8-23-42/h3-37H,1-2H3. The van der Waals surface area contributed by atoms with Crippen molar-refractivity contribution in [3.05, 3.63) is 223 Å². The minimum Gasteiger partial charge on any atom is -0.309 e. The van der Waals surface area contributed by atoms with Crippen molar-refractivity contribution >= 4 is 32.6 Å². The van der Waals surface area contributed by atoms with Crippen molar-refractivity contribution in [1.29, 1.82) is 0 Å². The van der Waals surface area contributed by atoms with Crippen LogP contribution in [0.1, 0.15) is 25.0 Å². The van der Waals surface area contributed by atoms with Gasteiger partial charge >= 0.3 is 0 Å². The third kappa shape index (κ3) is 5.66. The lowest BCUT2D eigenvalue weighted by molar-refractivity contribution is 0.661. The maximum atomic E-state index is 5.39. The second-order valence-electron chi connectivity index (χ2n) is 16.9. The van der Waals surface area contributed by atoms with Gasteiger partial charge in [-0.25, -0.2) is 9.97 Å². The molecule has 9 aromatic carbocycles. The molecular weight excluding hydrogens is 751 g/mol. The van der Waals surface area contributed by atoms with Gasteiger partial charge in [0.05, 0.1) is 22.4 Å². The van der Waals surface area contributed by atoms with Crippen molar-refractivity contribution in [1.82, 2.24) is 14.5 Å². The van der Waals surface area contributed by atoms with Crippen LogP contribution in [-0.4, -0.2) is 14.5 Å². The summed E-state index contributed by atoms with van der Waals surface area (Å²) in [7, 11) is 0. The van der Waals surface area contributed by atoms with Gasteiger partial charge in [-0.15, -0.1) is 0 Å². The van der Waals surface area contributed by atoms with Crippen molar-refractivity contribution < 1.29 is 0 Å². The summed E-state index contributed by atoms with van der Waals surface area (Å²) in [5.41, 5.74) is 18.1. The van der Waals surface area contributed by atoms with Crippen molar-refractivity contribution in [2.45, 2.75) is 19.3 Å². The summed E-state index contributed by atoms with van der Waals surface area (Å²) in [4.78, 5) is 10.8. The van der Waals surface area contributed by atoms with Gasteiger partial charge in [-0.05, 0) is 97.7 Å². The molecule has 0 saturated carbocycles. The fourth-order valence-corrected chi connectivity index (χ4v) is 10.0. The van der Waals surface area contributed by atoms with Crippen molar-refractivity contribution in [3.8, 4) is 73.0 Å². The Morgan fingerprint density at radius 2 is 0.952 bits per heavy atom. The van der Waals surface area contributed by atoms with E-state index in [0.29, 0.717) is 5.82 Å². The first kappa shape index (κ1) is 36.0. The highest BCUT2D eigenvalue weighted by Gasteiger charge is 2.37. The van der Waals surface area contributed by atoms with Gasteiger partial charge in [0.15, 0.2) is 5.82 Å². The minimum atomic E-state index is -0.148. The Hall–Kier alpha value is -7.88. The van der Waals surface area contributed by atoms with Crippen LogP contribution in [-0.2, 0) is 5.41 Å². The van der Waals surface area contributed by atoms with Crippen LogP contribution < -0.4 is 0 Å². The summed E-state index contributed by atoms with van der Waals surface area (Å²) in [6.45, 7) is 4.73. The maximum Gasteiger partial charge on any atom is 0.160 e. The Balaban J connectivity index is 1.06. The number of nitrogens with zero attached hydrogens (tertiary/aromatic N) is 3. The second-order valence-corrected chi connectivity index (χ2v) is 16.9. The van der Waals surface area contributed by atoms with E-state index >= 15 is 0 Å². The average molecular weight is 792 g/mol. The molecule has 0 N–H and O–H groups in total. The molecular formula is C59H41N3. The molecule has 0 spiro atoms. The zero-order chi connectivity index (χ0) is 41.4. The topological polar surface area (TPSA) is 30.7 Å². The van der Waals surface area contributed by atoms with Gasteiger partial charge in [0.1, 0.15) is 0 Å². The summed E-state index contributed by atoms with van der Waals surface area (Å²) >= 11 is 0.